The molecule has 136 valence electrons. The fourth-order valence-corrected chi connectivity index (χ4v) is 3.89. The number of aromatic nitrogens is 3. The molecule has 1 aromatic heterocycles. The third-order valence-corrected chi connectivity index (χ3v) is 5.50. The summed E-state index contributed by atoms with van der Waals surface area (Å²) in [7, 11) is 6.10. The Kier molecular flexibility index (Phi) is 6.85. The van der Waals surface area contributed by atoms with E-state index >= 15 is 0 Å². The maximum Gasteiger partial charge on any atom is 0.191 e. The maximum atomic E-state index is 4.37. The van der Waals surface area contributed by atoms with Crippen molar-refractivity contribution < 1.29 is 0 Å². The van der Waals surface area contributed by atoms with E-state index in [1.807, 2.05) is 25.6 Å². The molecule has 0 radical (unpaired) electrons. The molecule has 8 heteroatoms. The molecule has 2 bridgehead atoms. The molecule has 0 saturated carbocycles. The van der Waals surface area contributed by atoms with Crippen LogP contribution in [0.25, 0.3) is 0 Å². The summed E-state index contributed by atoms with van der Waals surface area (Å²) in [6, 6.07) is 1.95. The first kappa shape index (κ1) is 19.4. The fraction of sp³-hybridized carbons (Fsp3) is 0.812. The smallest absolute Gasteiger partial charge is 0.191 e. The van der Waals surface area contributed by atoms with Crippen molar-refractivity contribution in [2.45, 2.75) is 63.7 Å². The lowest BCUT2D eigenvalue weighted by atomic mass is 9.82. The molecule has 7 nitrogen and oxygen atoms in total. The maximum absolute atomic E-state index is 4.37. The Morgan fingerprint density at radius 1 is 1.21 bits per heavy atom. The Balaban J connectivity index is 0.00000208. The molecule has 3 heterocycles. The van der Waals surface area contributed by atoms with E-state index in [0.717, 1.165) is 29.7 Å². The number of hydrogen-bond donors (Lipinski definition) is 2. The highest BCUT2D eigenvalue weighted by Gasteiger charge is 2.36. The first-order valence-corrected chi connectivity index (χ1v) is 8.62. The summed E-state index contributed by atoms with van der Waals surface area (Å²) in [6.07, 6.45) is 6.45. The van der Waals surface area contributed by atoms with Crippen LogP contribution in [0, 0.1) is 6.92 Å². The highest BCUT2D eigenvalue weighted by molar-refractivity contribution is 14.0. The van der Waals surface area contributed by atoms with Gasteiger partial charge in [-0.05, 0) is 39.7 Å². The predicted octanol–water partition coefficient (Wildman–Crippen LogP) is 1.42. The van der Waals surface area contributed by atoms with Crippen LogP contribution in [0.3, 0.4) is 0 Å². The second-order valence-electron chi connectivity index (χ2n) is 6.86. The normalized spacial score (nSPS) is 27.5. The van der Waals surface area contributed by atoms with Crippen molar-refractivity contribution in [3.63, 3.8) is 0 Å². The second kappa shape index (κ2) is 8.46. The van der Waals surface area contributed by atoms with Gasteiger partial charge >= 0.3 is 0 Å². The van der Waals surface area contributed by atoms with Gasteiger partial charge in [0, 0.05) is 32.2 Å². The van der Waals surface area contributed by atoms with Gasteiger partial charge in [-0.25, -0.2) is 0 Å². The monoisotopic (exact) mass is 447 g/mol. The van der Waals surface area contributed by atoms with Crippen molar-refractivity contribution in [1.82, 2.24) is 30.3 Å². The van der Waals surface area contributed by atoms with Crippen LogP contribution in [0.1, 0.15) is 43.8 Å². The molecule has 0 spiro atoms. The lowest BCUT2D eigenvalue weighted by molar-refractivity contribution is 0.0526. The molecule has 3 rings (SSSR count). The van der Waals surface area contributed by atoms with E-state index in [9.17, 15) is 0 Å². The van der Waals surface area contributed by atoms with E-state index in [1.54, 1.807) is 0 Å². The standard InChI is InChI=1S/C16H29N7.HI/c1-11-20-21-15(22(11)3)10-18-16(17-2)19-12-8-13-6-5-7-14(9-12)23(13)4;/h12-14H,5-10H2,1-4H3,(H2,17,18,19);1H. The van der Waals surface area contributed by atoms with Crippen LogP contribution in [-0.4, -0.2) is 57.8 Å². The number of fused-ring (bicyclic) bond motifs is 2. The number of nitrogens with zero attached hydrogens (tertiary/aromatic N) is 5. The Morgan fingerprint density at radius 2 is 1.88 bits per heavy atom. The number of halogens is 1. The first-order valence-electron chi connectivity index (χ1n) is 8.62. The van der Waals surface area contributed by atoms with Gasteiger partial charge in [0.05, 0.1) is 6.54 Å². The third kappa shape index (κ3) is 4.19. The van der Waals surface area contributed by atoms with E-state index in [4.69, 9.17) is 0 Å². The molecule has 2 aliphatic rings. The molecule has 2 N–H and O–H groups in total. The highest BCUT2D eigenvalue weighted by atomic mass is 127. The molecule has 0 amide bonds. The summed E-state index contributed by atoms with van der Waals surface area (Å²) in [5.74, 6) is 2.71. The molecule has 0 aromatic carbocycles. The summed E-state index contributed by atoms with van der Waals surface area (Å²) >= 11 is 0. The number of piperidine rings is 2. The lowest BCUT2D eigenvalue weighted by Crippen LogP contribution is -2.56. The van der Waals surface area contributed by atoms with Crippen molar-refractivity contribution in [3.8, 4) is 0 Å². The van der Waals surface area contributed by atoms with Crippen LogP contribution in [0.15, 0.2) is 4.99 Å². The average molecular weight is 447 g/mol. The van der Waals surface area contributed by atoms with Gasteiger partial charge in [0.2, 0.25) is 0 Å². The van der Waals surface area contributed by atoms with E-state index in [2.05, 4.69) is 37.8 Å². The Labute approximate surface area is 161 Å². The number of hydrogen-bond acceptors (Lipinski definition) is 4. The zero-order chi connectivity index (χ0) is 16.4. The second-order valence-corrected chi connectivity index (χ2v) is 6.86. The van der Waals surface area contributed by atoms with Gasteiger partial charge in [0.25, 0.3) is 0 Å². The number of aryl methyl sites for hydroxylation is 1. The summed E-state index contributed by atoms with van der Waals surface area (Å²) in [5.41, 5.74) is 0. The van der Waals surface area contributed by atoms with Crippen molar-refractivity contribution in [2.24, 2.45) is 12.0 Å². The zero-order valence-corrected chi connectivity index (χ0v) is 17.4. The Bertz CT molecular complexity index is 557. The van der Waals surface area contributed by atoms with Crippen LogP contribution in [0.2, 0.25) is 0 Å². The van der Waals surface area contributed by atoms with Crippen molar-refractivity contribution in [2.75, 3.05) is 14.1 Å². The third-order valence-electron chi connectivity index (χ3n) is 5.50. The van der Waals surface area contributed by atoms with Gasteiger partial charge in [-0.2, -0.15) is 0 Å². The van der Waals surface area contributed by atoms with Gasteiger partial charge in [-0.1, -0.05) is 6.42 Å². The largest absolute Gasteiger partial charge is 0.354 e. The summed E-state index contributed by atoms with van der Waals surface area (Å²) in [6.45, 7) is 2.59. The van der Waals surface area contributed by atoms with Gasteiger partial charge in [0.15, 0.2) is 11.8 Å². The number of aliphatic imine (C=N–C) groups is 1. The minimum absolute atomic E-state index is 0. The number of rotatable bonds is 3. The predicted molar refractivity (Wildman–Crippen MR) is 107 cm³/mol. The quantitative estimate of drug-likeness (QED) is 0.417. The molecule has 1 aromatic rings. The van der Waals surface area contributed by atoms with Gasteiger partial charge in [-0.15, -0.1) is 34.2 Å². The molecule has 2 atom stereocenters. The molecule has 24 heavy (non-hydrogen) atoms. The van der Waals surface area contributed by atoms with E-state index in [-0.39, 0.29) is 24.0 Å². The fourth-order valence-electron chi connectivity index (χ4n) is 3.89. The van der Waals surface area contributed by atoms with Crippen LogP contribution < -0.4 is 10.6 Å². The molecule has 2 fully saturated rings. The van der Waals surface area contributed by atoms with Crippen LogP contribution in [-0.2, 0) is 13.6 Å². The van der Waals surface area contributed by atoms with Gasteiger partial charge in [0.1, 0.15) is 5.82 Å². The molecular formula is C16H30IN7. The van der Waals surface area contributed by atoms with Gasteiger partial charge in [-0.3, -0.25) is 4.99 Å². The zero-order valence-electron chi connectivity index (χ0n) is 15.1. The van der Waals surface area contributed by atoms with E-state index in [1.165, 1.54) is 32.1 Å². The minimum Gasteiger partial charge on any atom is -0.354 e. The van der Waals surface area contributed by atoms with E-state index < -0.39 is 0 Å². The number of nitrogens with one attached hydrogen (secondary N) is 2. The Morgan fingerprint density at radius 3 is 2.42 bits per heavy atom. The van der Waals surface area contributed by atoms with Gasteiger partial charge < -0.3 is 20.1 Å². The highest BCUT2D eigenvalue weighted by Crippen LogP contribution is 2.32. The minimum atomic E-state index is 0. The van der Waals surface area contributed by atoms with Crippen molar-refractivity contribution in [1.29, 1.82) is 0 Å². The lowest BCUT2D eigenvalue weighted by Gasteiger charge is -2.47. The molecule has 0 aliphatic carbocycles. The molecular weight excluding hydrogens is 417 g/mol. The summed E-state index contributed by atoms with van der Waals surface area (Å²) < 4.78 is 2.00. The van der Waals surface area contributed by atoms with Crippen molar-refractivity contribution in [3.05, 3.63) is 11.6 Å². The SMILES string of the molecule is CN=C(NCc1nnc(C)n1C)NC1CC2CCCC(C1)N2C.I. The van der Waals surface area contributed by atoms with Crippen LogP contribution in [0.5, 0.6) is 0 Å². The average Bonchev–Trinajstić information content (AvgIpc) is 2.84. The molecule has 2 saturated heterocycles. The topological polar surface area (TPSA) is 70.4 Å². The van der Waals surface area contributed by atoms with Crippen LogP contribution >= 0.6 is 24.0 Å². The van der Waals surface area contributed by atoms with Crippen molar-refractivity contribution >= 4 is 29.9 Å². The molecule has 2 aliphatic heterocycles. The number of guanidine groups is 1. The van der Waals surface area contributed by atoms with Crippen LogP contribution in [0.4, 0.5) is 0 Å². The summed E-state index contributed by atoms with van der Waals surface area (Å²) in [4.78, 5) is 6.95. The van der Waals surface area contributed by atoms with E-state index in [0.29, 0.717) is 12.6 Å². The first-order chi connectivity index (χ1) is 11.1. The Hall–Kier alpha value is -0.900. The molecule has 2 unspecified atom stereocenters. The summed E-state index contributed by atoms with van der Waals surface area (Å²) in [5, 5.41) is 15.2.